The first-order chi connectivity index (χ1) is 9.78. The highest BCUT2D eigenvalue weighted by Crippen LogP contribution is 2.22. The monoisotopic (exact) mass is 282 g/mol. The minimum atomic E-state index is 0.561. The van der Waals surface area contributed by atoms with Crippen LogP contribution >= 0.6 is 11.6 Å². The fourth-order valence-electron chi connectivity index (χ4n) is 2.02. The molecule has 0 unspecified atom stereocenters. The number of benzene rings is 2. The van der Waals surface area contributed by atoms with Crippen LogP contribution in [-0.4, -0.2) is 16.1 Å². The molecule has 0 spiro atoms. The zero-order valence-corrected chi connectivity index (χ0v) is 11.3. The van der Waals surface area contributed by atoms with Crippen LogP contribution in [0.4, 0.5) is 0 Å². The molecule has 0 saturated carbocycles. The summed E-state index contributed by atoms with van der Waals surface area (Å²) in [5.41, 5.74) is 3.02. The first kappa shape index (κ1) is 12.6. The largest absolute Gasteiger partial charge is 0.298 e. The zero-order valence-electron chi connectivity index (χ0n) is 10.5. The summed E-state index contributed by atoms with van der Waals surface area (Å²) in [5, 5.41) is 5.16. The van der Waals surface area contributed by atoms with Crippen molar-refractivity contribution >= 4 is 17.9 Å². The van der Waals surface area contributed by atoms with Gasteiger partial charge in [-0.25, -0.2) is 4.68 Å². The van der Waals surface area contributed by atoms with Gasteiger partial charge in [0.1, 0.15) is 5.69 Å². The van der Waals surface area contributed by atoms with Gasteiger partial charge in [0.05, 0.1) is 11.3 Å². The second-order valence-electron chi connectivity index (χ2n) is 4.34. The molecule has 3 rings (SSSR count). The van der Waals surface area contributed by atoms with Gasteiger partial charge in [-0.15, -0.1) is 0 Å². The maximum atomic E-state index is 11.2. The molecule has 2 aromatic carbocycles. The highest BCUT2D eigenvalue weighted by molar-refractivity contribution is 6.30. The van der Waals surface area contributed by atoms with Crippen LogP contribution in [0.15, 0.2) is 60.8 Å². The highest BCUT2D eigenvalue weighted by Gasteiger charge is 2.11. The number of aromatic nitrogens is 2. The van der Waals surface area contributed by atoms with Crippen molar-refractivity contribution in [2.24, 2.45) is 0 Å². The van der Waals surface area contributed by atoms with Crippen molar-refractivity contribution in [2.75, 3.05) is 0 Å². The van der Waals surface area contributed by atoms with E-state index in [4.69, 9.17) is 11.6 Å². The summed E-state index contributed by atoms with van der Waals surface area (Å²) in [6.45, 7) is 0. The Kier molecular flexibility index (Phi) is 3.35. The van der Waals surface area contributed by atoms with Gasteiger partial charge >= 0.3 is 0 Å². The van der Waals surface area contributed by atoms with Gasteiger partial charge in [0.2, 0.25) is 0 Å². The third-order valence-electron chi connectivity index (χ3n) is 3.01. The average Bonchev–Trinajstić information content (AvgIpc) is 2.93. The summed E-state index contributed by atoms with van der Waals surface area (Å²) in [4.78, 5) is 11.2. The van der Waals surface area contributed by atoms with Crippen LogP contribution in [0.1, 0.15) is 10.4 Å². The van der Waals surface area contributed by atoms with Gasteiger partial charge in [-0.2, -0.15) is 5.10 Å². The molecule has 20 heavy (non-hydrogen) atoms. The molecule has 0 bridgehead atoms. The molecule has 0 aliphatic carbocycles. The molecule has 3 aromatic rings. The van der Waals surface area contributed by atoms with Crippen molar-refractivity contribution in [3.63, 3.8) is 0 Å². The van der Waals surface area contributed by atoms with E-state index in [-0.39, 0.29) is 0 Å². The smallest absolute Gasteiger partial charge is 0.153 e. The van der Waals surface area contributed by atoms with Crippen LogP contribution in [0.5, 0.6) is 0 Å². The van der Waals surface area contributed by atoms with Gasteiger partial charge in [0.25, 0.3) is 0 Å². The number of hydrogen-bond acceptors (Lipinski definition) is 2. The Balaban J connectivity index is 2.09. The van der Waals surface area contributed by atoms with E-state index < -0.39 is 0 Å². The summed E-state index contributed by atoms with van der Waals surface area (Å²) in [6, 6.07) is 16.9. The molecular weight excluding hydrogens is 272 g/mol. The van der Waals surface area contributed by atoms with Crippen molar-refractivity contribution in [2.45, 2.75) is 0 Å². The van der Waals surface area contributed by atoms with Gasteiger partial charge in [-0.05, 0) is 24.3 Å². The van der Waals surface area contributed by atoms with Crippen LogP contribution in [0.25, 0.3) is 16.9 Å². The van der Waals surface area contributed by atoms with Crippen molar-refractivity contribution in [1.29, 1.82) is 0 Å². The fraction of sp³-hybridized carbons (Fsp3) is 0. The summed E-state index contributed by atoms with van der Waals surface area (Å²) < 4.78 is 1.68. The molecule has 1 aromatic heterocycles. The van der Waals surface area contributed by atoms with E-state index in [1.807, 2.05) is 42.5 Å². The summed E-state index contributed by atoms with van der Waals surface area (Å²) >= 11 is 5.87. The molecule has 4 heteroatoms. The molecule has 0 aliphatic heterocycles. The molecule has 0 aliphatic rings. The number of halogens is 1. The van der Waals surface area contributed by atoms with E-state index in [1.54, 1.807) is 23.0 Å². The molecule has 3 nitrogen and oxygen atoms in total. The third kappa shape index (κ3) is 2.36. The number of carbonyl (C=O) groups excluding carboxylic acids is 1. The van der Waals surface area contributed by atoms with E-state index in [2.05, 4.69) is 5.10 Å². The Morgan fingerprint density at radius 3 is 2.35 bits per heavy atom. The summed E-state index contributed by atoms with van der Waals surface area (Å²) in [6.07, 6.45) is 2.54. The molecule has 0 fully saturated rings. The standard InChI is InChI=1S/C16H11ClN2O/c17-14-6-8-15(9-7-14)19-10-13(11-20)16(18-19)12-4-2-1-3-5-12/h1-11H. The number of carbonyl (C=O) groups is 1. The van der Waals surface area contributed by atoms with Gasteiger partial charge in [0, 0.05) is 16.8 Å². The Hall–Kier alpha value is -2.39. The maximum Gasteiger partial charge on any atom is 0.153 e. The molecule has 0 amide bonds. The minimum absolute atomic E-state index is 0.561. The van der Waals surface area contributed by atoms with Crippen LogP contribution < -0.4 is 0 Å². The second-order valence-corrected chi connectivity index (χ2v) is 4.77. The van der Waals surface area contributed by atoms with Crippen LogP contribution in [0.2, 0.25) is 5.02 Å². The van der Waals surface area contributed by atoms with Crippen molar-refractivity contribution < 1.29 is 4.79 Å². The summed E-state index contributed by atoms with van der Waals surface area (Å²) in [5.74, 6) is 0. The van der Waals surface area contributed by atoms with Gasteiger partial charge in [-0.1, -0.05) is 41.9 Å². The summed E-state index contributed by atoms with van der Waals surface area (Å²) in [7, 11) is 0. The Bertz CT molecular complexity index is 733. The highest BCUT2D eigenvalue weighted by atomic mass is 35.5. The van der Waals surface area contributed by atoms with E-state index in [0.29, 0.717) is 16.3 Å². The van der Waals surface area contributed by atoms with Gasteiger partial charge < -0.3 is 0 Å². The lowest BCUT2D eigenvalue weighted by atomic mass is 10.1. The zero-order chi connectivity index (χ0) is 13.9. The topological polar surface area (TPSA) is 34.9 Å². The van der Waals surface area contributed by atoms with Crippen LogP contribution in [-0.2, 0) is 0 Å². The molecule has 0 atom stereocenters. The van der Waals surface area contributed by atoms with Gasteiger partial charge in [-0.3, -0.25) is 4.79 Å². The number of hydrogen-bond donors (Lipinski definition) is 0. The lowest BCUT2D eigenvalue weighted by Crippen LogP contribution is -1.94. The molecule has 0 saturated heterocycles. The SMILES string of the molecule is O=Cc1cn(-c2ccc(Cl)cc2)nc1-c1ccccc1. The predicted molar refractivity (Wildman–Crippen MR) is 79.4 cm³/mol. The fourth-order valence-corrected chi connectivity index (χ4v) is 2.15. The molecular formula is C16H11ClN2O. The average molecular weight is 283 g/mol. The normalized spacial score (nSPS) is 10.4. The van der Waals surface area contributed by atoms with Crippen molar-refractivity contribution in [1.82, 2.24) is 9.78 Å². The first-order valence-corrected chi connectivity index (χ1v) is 6.52. The lowest BCUT2D eigenvalue weighted by Gasteiger charge is -2.01. The first-order valence-electron chi connectivity index (χ1n) is 6.14. The van der Waals surface area contributed by atoms with Gasteiger partial charge in [0.15, 0.2) is 6.29 Å². The molecule has 1 heterocycles. The quantitative estimate of drug-likeness (QED) is 0.681. The van der Waals surface area contributed by atoms with Crippen LogP contribution in [0, 0.1) is 0 Å². The van der Waals surface area contributed by atoms with Crippen molar-refractivity contribution in [3.05, 3.63) is 71.4 Å². The Labute approximate surface area is 121 Å². The Morgan fingerprint density at radius 1 is 1.00 bits per heavy atom. The Morgan fingerprint density at radius 2 is 1.70 bits per heavy atom. The third-order valence-corrected chi connectivity index (χ3v) is 3.26. The molecule has 98 valence electrons. The number of aldehydes is 1. The van der Waals surface area contributed by atoms with Crippen LogP contribution in [0.3, 0.4) is 0 Å². The molecule has 0 radical (unpaired) electrons. The maximum absolute atomic E-state index is 11.2. The minimum Gasteiger partial charge on any atom is -0.298 e. The van der Waals surface area contributed by atoms with E-state index >= 15 is 0 Å². The van der Waals surface area contributed by atoms with E-state index in [1.165, 1.54) is 0 Å². The van der Waals surface area contributed by atoms with Crippen molar-refractivity contribution in [3.8, 4) is 16.9 Å². The second kappa shape index (κ2) is 5.31. The lowest BCUT2D eigenvalue weighted by molar-refractivity contribution is 0.112. The number of nitrogens with zero attached hydrogens (tertiary/aromatic N) is 2. The predicted octanol–water partition coefficient (Wildman–Crippen LogP) is 4.01. The van der Waals surface area contributed by atoms with E-state index in [9.17, 15) is 4.79 Å². The molecule has 0 N–H and O–H groups in total. The number of rotatable bonds is 3. The van der Waals surface area contributed by atoms with E-state index in [0.717, 1.165) is 17.5 Å².